The predicted molar refractivity (Wildman–Crippen MR) is 64.7 cm³/mol. The van der Waals surface area contributed by atoms with E-state index in [1.54, 1.807) is 13.0 Å². The molecule has 19 heavy (non-hydrogen) atoms. The lowest BCUT2D eigenvalue weighted by Gasteiger charge is -2.10. The molecule has 0 fully saturated rings. The van der Waals surface area contributed by atoms with Gasteiger partial charge in [0.05, 0.1) is 17.8 Å². The van der Waals surface area contributed by atoms with Gasteiger partial charge in [0.15, 0.2) is 0 Å². The summed E-state index contributed by atoms with van der Waals surface area (Å²) in [5.41, 5.74) is 1.06. The summed E-state index contributed by atoms with van der Waals surface area (Å²) in [5, 5.41) is 0. The van der Waals surface area contributed by atoms with Crippen molar-refractivity contribution in [1.29, 1.82) is 0 Å². The Hall–Kier alpha value is -1.30. The van der Waals surface area contributed by atoms with Crippen LogP contribution in [0.25, 0.3) is 11.0 Å². The Labute approximate surface area is 112 Å². The molecule has 0 radical (unpaired) electrons. The van der Waals surface area contributed by atoms with E-state index in [2.05, 4.69) is 4.98 Å². The molecule has 1 aromatic carbocycles. The molecular formula is C12H11ClF4N2. The average Bonchev–Trinajstić information content (AvgIpc) is 2.63. The van der Waals surface area contributed by atoms with Crippen molar-refractivity contribution >= 4 is 22.6 Å². The van der Waals surface area contributed by atoms with Gasteiger partial charge in [-0.2, -0.15) is 13.2 Å². The van der Waals surface area contributed by atoms with Gasteiger partial charge in [0.25, 0.3) is 0 Å². The Morgan fingerprint density at radius 3 is 2.58 bits per heavy atom. The summed E-state index contributed by atoms with van der Waals surface area (Å²) < 4.78 is 52.0. The van der Waals surface area contributed by atoms with Gasteiger partial charge >= 0.3 is 6.18 Å². The number of benzene rings is 1. The fourth-order valence-corrected chi connectivity index (χ4v) is 2.18. The van der Waals surface area contributed by atoms with Crippen LogP contribution in [0.3, 0.4) is 0 Å². The summed E-state index contributed by atoms with van der Waals surface area (Å²) in [7, 11) is 0. The van der Waals surface area contributed by atoms with Crippen LogP contribution >= 0.6 is 11.6 Å². The first-order valence-corrected chi connectivity index (χ1v) is 6.13. The van der Waals surface area contributed by atoms with E-state index in [-0.39, 0.29) is 23.8 Å². The van der Waals surface area contributed by atoms with Crippen LogP contribution in [0.4, 0.5) is 17.6 Å². The molecule has 1 aromatic heterocycles. The summed E-state index contributed by atoms with van der Waals surface area (Å²) in [4.78, 5) is 4.08. The zero-order valence-electron chi connectivity index (χ0n) is 10.1. The maximum absolute atomic E-state index is 13.9. The van der Waals surface area contributed by atoms with Crippen molar-refractivity contribution < 1.29 is 17.6 Å². The molecule has 0 spiro atoms. The van der Waals surface area contributed by atoms with Crippen LogP contribution in [0.15, 0.2) is 12.1 Å². The molecule has 0 saturated carbocycles. The molecule has 0 bridgehead atoms. The Balaban J connectivity index is 2.51. The van der Waals surface area contributed by atoms with Crippen LogP contribution in [-0.2, 0) is 12.4 Å². The first-order chi connectivity index (χ1) is 8.81. The highest BCUT2D eigenvalue weighted by Gasteiger charge is 2.28. The molecular weight excluding hydrogens is 284 g/mol. The molecule has 0 aliphatic carbocycles. The molecule has 0 amide bonds. The van der Waals surface area contributed by atoms with E-state index in [1.165, 1.54) is 10.6 Å². The first-order valence-electron chi connectivity index (χ1n) is 5.60. The van der Waals surface area contributed by atoms with Crippen LogP contribution in [0.1, 0.15) is 17.8 Å². The summed E-state index contributed by atoms with van der Waals surface area (Å²) in [6, 6.07) is 2.89. The number of aromatic nitrogens is 2. The van der Waals surface area contributed by atoms with Gasteiger partial charge in [0.2, 0.25) is 0 Å². The van der Waals surface area contributed by atoms with E-state index in [4.69, 9.17) is 11.6 Å². The number of nitrogens with zero attached hydrogens (tertiary/aromatic N) is 2. The number of hydrogen-bond acceptors (Lipinski definition) is 1. The maximum atomic E-state index is 13.9. The Bertz CT molecular complexity index is 604. The molecule has 0 unspecified atom stereocenters. The Morgan fingerprint density at radius 2 is 2.00 bits per heavy atom. The molecule has 0 N–H and O–H groups in total. The number of aryl methyl sites for hydroxylation is 2. The van der Waals surface area contributed by atoms with Crippen LogP contribution < -0.4 is 0 Å². The van der Waals surface area contributed by atoms with Gasteiger partial charge in [-0.25, -0.2) is 9.37 Å². The van der Waals surface area contributed by atoms with E-state index in [1.807, 2.05) is 0 Å². The lowest BCUT2D eigenvalue weighted by atomic mass is 10.2. The van der Waals surface area contributed by atoms with Crippen molar-refractivity contribution in [2.24, 2.45) is 0 Å². The van der Waals surface area contributed by atoms with Crippen molar-refractivity contribution in [3.63, 3.8) is 0 Å². The van der Waals surface area contributed by atoms with Gasteiger partial charge in [0, 0.05) is 6.54 Å². The van der Waals surface area contributed by atoms with Gasteiger partial charge in [-0.3, -0.25) is 0 Å². The third-order valence-electron chi connectivity index (χ3n) is 2.76. The van der Waals surface area contributed by atoms with Crippen molar-refractivity contribution in [3.05, 3.63) is 29.3 Å². The van der Waals surface area contributed by atoms with Crippen LogP contribution in [0.5, 0.6) is 0 Å². The van der Waals surface area contributed by atoms with Crippen molar-refractivity contribution in [2.75, 3.05) is 0 Å². The second-order valence-electron chi connectivity index (χ2n) is 4.29. The fourth-order valence-electron chi connectivity index (χ4n) is 1.98. The highest BCUT2D eigenvalue weighted by Crippen LogP contribution is 2.26. The number of alkyl halides is 4. The van der Waals surface area contributed by atoms with Crippen molar-refractivity contribution in [2.45, 2.75) is 31.9 Å². The molecule has 0 aliphatic rings. The summed E-state index contributed by atoms with van der Waals surface area (Å²) in [6.45, 7) is 1.31. The number of rotatable bonds is 3. The molecule has 0 aliphatic heterocycles. The van der Waals surface area contributed by atoms with Crippen LogP contribution in [-0.4, -0.2) is 15.7 Å². The standard InChI is InChI=1S/C12H11ClF4N2/c1-7-4-8(14)11-9(5-7)18-10(6-13)19(11)3-2-12(15,16)17/h4-5H,2-3,6H2,1H3. The van der Waals surface area contributed by atoms with Crippen LogP contribution in [0.2, 0.25) is 0 Å². The number of hydrogen-bond donors (Lipinski definition) is 0. The number of halogens is 5. The quantitative estimate of drug-likeness (QED) is 0.613. The third kappa shape index (κ3) is 3.00. The second kappa shape index (κ2) is 5.00. The molecule has 0 saturated heterocycles. The minimum atomic E-state index is -4.30. The van der Waals surface area contributed by atoms with Gasteiger partial charge in [-0.1, -0.05) is 0 Å². The highest BCUT2D eigenvalue weighted by molar-refractivity contribution is 6.16. The van der Waals surface area contributed by atoms with Crippen molar-refractivity contribution in [1.82, 2.24) is 9.55 Å². The highest BCUT2D eigenvalue weighted by atomic mass is 35.5. The normalized spacial score (nSPS) is 12.3. The van der Waals surface area contributed by atoms with E-state index in [9.17, 15) is 17.6 Å². The molecule has 7 heteroatoms. The Kier molecular flexibility index (Phi) is 3.71. The SMILES string of the molecule is Cc1cc(F)c2c(c1)nc(CCl)n2CCC(F)(F)F. The zero-order chi connectivity index (χ0) is 14.2. The summed E-state index contributed by atoms with van der Waals surface area (Å²) in [6.07, 6.45) is -5.35. The molecule has 2 rings (SSSR count). The number of fused-ring (bicyclic) bond motifs is 1. The largest absolute Gasteiger partial charge is 0.390 e. The van der Waals surface area contributed by atoms with Gasteiger partial charge in [-0.05, 0) is 24.6 Å². The van der Waals surface area contributed by atoms with E-state index < -0.39 is 18.4 Å². The molecule has 104 valence electrons. The molecule has 1 heterocycles. The van der Waals surface area contributed by atoms with Gasteiger partial charge in [0.1, 0.15) is 17.2 Å². The maximum Gasteiger partial charge on any atom is 0.390 e. The molecule has 2 nitrogen and oxygen atoms in total. The predicted octanol–water partition coefficient (Wildman–Crippen LogP) is 4.18. The van der Waals surface area contributed by atoms with Gasteiger partial charge in [-0.15, -0.1) is 11.6 Å². The molecule has 0 atom stereocenters. The summed E-state index contributed by atoms with van der Waals surface area (Å²) in [5.74, 6) is -0.406. The minimum absolute atomic E-state index is 0.0645. The fraction of sp³-hybridized carbons (Fsp3) is 0.417. The zero-order valence-corrected chi connectivity index (χ0v) is 10.8. The molecule has 2 aromatic rings. The lowest BCUT2D eigenvalue weighted by molar-refractivity contribution is -0.136. The van der Waals surface area contributed by atoms with E-state index in [0.717, 1.165) is 0 Å². The second-order valence-corrected chi connectivity index (χ2v) is 4.56. The summed E-state index contributed by atoms with van der Waals surface area (Å²) >= 11 is 5.66. The van der Waals surface area contributed by atoms with Crippen LogP contribution in [0, 0.1) is 12.7 Å². The lowest BCUT2D eigenvalue weighted by Crippen LogP contribution is -2.14. The first kappa shape index (κ1) is 14.1. The smallest absolute Gasteiger partial charge is 0.324 e. The third-order valence-corrected chi connectivity index (χ3v) is 3.00. The monoisotopic (exact) mass is 294 g/mol. The van der Waals surface area contributed by atoms with Crippen molar-refractivity contribution in [3.8, 4) is 0 Å². The van der Waals surface area contributed by atoms with E-state index >= 15 is 0 Å². The minimum Gasteiger partial charge on any atom is -0.324 e. The average molecular weight is 295 g/mol. The van der Waals surface area contributed by atoms with Gasteiger partial charge < -0.3 is 4.57 Å². The Morgan fingerprint density at radius 1 is 1.32 bits per heavy atom. The number of imidazole rings is 1. The van der Waals surface area contributed by atoms with E-state index in [0.29, 0.717) is 11.1 Å². The topological polar surface area (TPSA) is 17.8 Å².